The Hall–Kier alpha value is -2.18. The quantitative estimate of drug-likeness (QED) is 0.460. The first-order valence-corrected chi connectivity index (χ1v) is 6.39. The fraction of sp³-hybridized carbons (Fsp3) is 0.375. The van der Waals surface area contributed by atoms with Crippen LogP contribution in [0.5, 0.6) is 0 Å². The average Bonchev–Trinajstić information content (AvgIpc) is 2.44. The number of ether oxygens (including phenoxy) is 2. The zero-order valence-electron chi connectivity index (χ0n) is 14.2. The third-order valence-corrected chi connectivity index (χ3v) is 1.40. The molecule has 0 saturated heterocycles. The molecular weight excluding hydrogens is 284 g/mol. The van der Waals surface area contributed by atoms with Crippen molar-refractivity contribution in [1.82, 2.24) is 6.15 Å². The summed E-state index contributed by atoms with van der Waals surface area (Å²) in [6.45, 7) is 16.4. The number of rotatable bonds is 5. The summed E-state index contributed by atoms with van der Waals surface area (Å²) < 4.78 is 9.28. The lowest BCUT2D eigenvalue weighted by atomic mass is 10.2. The van der Waals surface area contributed by atoms with E-state index in [0.717, 1.165) is 0 Å². The van der Waals surface area contributed by atoms with Crippen LogP contribution in [-0.2, 0) is 19.1 Å². The molecule has 0 bridgehead atoms. The molecule has 0 aliphatic carbocycles. The first-order chi connectivity index (χ1) is 9.94. The van der Waals surface area contributed by atoms with E-state index in [1.54, 1.807) is 39.8 Å². The Morgan fingerprint density at radius 2 is 1.36 bits per heavy atom. The molecule has 0 aliphatic rings. The van der Waals surface area contributed by atoms with Gasteiger partial charge in [0, 0.05) is 0 Å². The molecule has 0 amide bonds. The van der Waals surface area contributed by atoms with Gasteiger partial charge < -0.3 is 34.5 Å². The highest BCUT2D eigenvalue weighted by molar-refractivity contribution is 5.81. The molecule has 22 heavy (non-hydrogen) atoms. The van der Waals surface area contributed by atoms with E-state index in [4.69, 9.17) is 13.2 Å². The maximum absolute atomic E-state index is 11.1. The van der Waals surface area contributed by atoms with Gasteiger partial charge in [-0.2, -0.15) is 0 Å². The van der Waals surface area contributed by atoms with Crippen molar-refractivity contribution in [2.45, 2.75) is 40.2 Å². The molecule has 6 heteroatoms. The maximum Gasteiger partial charge on any atom is 0.370 e. The minimum Gasteiger partial charge on any atom is -0.518 e. The molecule has 0 rings (SSSR count). The number of hydrogen-bond acceptors (Lipinski definition) is 4. The van der Waals surface area contributed by atoms with Crippen molar-refractivity contribution in [2.75, 3.05) is 0 Å². The Bertz CT molecular complexity index is 344. The Labute approximate surface area is 133 Å². The lowest BCUT2D eigenvalue weighted by Crippen LogP contribution is -2.65. The van der Waals surface area contributed by atoms with Gasteiger partial charge in [-0.25, -0.2) is 4.79 Å². The van der Waals surface area contributed by atoms with Gasteiger partial charge in [0.15, 0.2) is 6.04 Å². The van der Waals surface area contributed by atoms with Gasteiger partial charge >= 0.3 is 11.9 Å². The van der Waals surface area contributed by atoms with E-state index in [1.165, 1.54) is 24.7 Å². The van der Waals surface area contributed by atoms with Gasteiger partial charge in [0.2, 0.25) is 0 Å². The predicted molar refractivity (Wildman–Crippen MR) is 88.2 cm³/mol. The summed E-state index contributed by atoms with van der Waals surface area (Å²) in [5, 5.41) is 0. The number of esters is 2. The van der Waals surface area contributed by atoms with Crippen LogP contribution in [0.3, 0.4) is 0 Å². The lowest BCUT2D eigenvalue weighted by molar-refractivity contribution is -0.407. The van der Waals surface area contributed by atoms with Gasteiger partial charge in [-0.05, 0) is 13.8 Å². The normalized spacial score (nSPS) is 10.0. The monoisotopic (exact) mass is 314 g/mol. The third kappa shape index (κ3) is 26.4. The molecule has 128 valence electrons. The molecule has 1 atom stereocenters. The highest BCUT2D eigenvalue weighted by Crippen LogP contribution is 1.95. The summed E-state index contributed by atoms with van der Waals surface area (Å²) in [6, 6.07) is -0.751. The Morgan fingerprint density at radius 3 is 1.73 bits per heavy atom. The molecule has 0 radical (unpaired) electrons. The molecule has 0 spiro atoms. The van der Waals surface area contributed by atoms with Gasteiger partial charge in [-0.1, -0.05) is 26.0 Å². The topological polar surface area (TPSA) is 117 Å². The van der Waals surface area contributed by atoms with E-state index in [9.17, 15) is 9.59 Å². The second-order valence-corrected chi connectivity index (χ2v) is 3.43. The lowest BCUT2D eigenvalue weighted by Gasteiger charge is -2.04. The number of carbonyl (C=O) groups excluding carboxylic acids is 2. The molecule has 0 aliphatic heterocycles. The van der Waals surface area contributed by atoms with Crippen molar-refractivity contribution in [3.8, 4) is 0 Å². The van der Waals surface area contributed by atoms with E-state index in [0.29, 0.717) is 0 Å². The zero-order valence-corrected chi connectivity index (χ0v) is 14.2. The fourth-order valence-corrected chi connectivity index (χ4v) is 0.708. The highest BCUT2D eigenvalue weighted by atomic mass is 16.5. The summed E-state index contributed by atoms with van der Waals surface area (Å²) in [4.78, 5) is 22.2. The van der Waals surface area contributed by atoms with E-state index >= 15 is 0 Å². The summed E-state index contributed by atoms with van der Waals surface area (Å²) in [6.07, 6.45) is 8.56. The van der Waals surface area contributed by atoms with Crippen molar-refractivity contribution < 1.29 is 24.8 Å². The van der Waals surface area contributed by atoms with Crippen LogP contribution < -0.4 is 11.9 Å². The van der Waals surface area contributed by atoms with Crippen molar-refractivity contribution in [3.05, 3.63) is 50.0 Å². The molecule has 0 fully saturated rings. The zero-order chi connectivity index (χ0) is 17.1. The van der Waals surface area contributed by atoms with Crippen LogP contribution >= 0.6 is 0 Å². The SMILES string of the molecule is C/C=C/OC(=O)CC([NH3+])C(=O)O/C=C/C.[CH-]=CC.[CH-]=CC.[NH4+]. The van der Waals surface area contributed by atoms with Crippen LogP contribution in [0.2, 0.25) is 0 Å². The number of allylic oxidation sites excluding steroid dienone is 4. The van der Waals surface area contributed by atoms with Crippen molar-refractivity contribution in [3.63, 3.8) is 0 Å². The molecular formula is C16H30N2O4. The van der Waals surface area contributed by atoms with Crippen LogP contribution in [-0.4, -0.2) is 18.0 Å². The third-order valence-electron chi connectivity index (χ3n) is 1.40. The van der Waals surface area contributed by atoms with Crippen LogP contribution in [0, 0.1) is 13.2 Å². The summed E-state index contributed by atoms with van der Waals surface area (Å²) in [7, 11) is 0. The molecule has 7 N–H and O–H groups in total. The van der Waals surface area contributed by atoms with Crippen molar-refractivity contribution in [2.24, 2.45) is 0 Å². The van der Waals surface area contributed by atoms with Crippen LogP contribution in [0.25, 0.3) is 0 Å². The summed E-state index contributed by atoms with van der Waals surface area (Å²) >= 11 is 0. The molecule has 1 unspecified atom stereocenters. The minimum atomic E-state index is -0.751. The summed E-state index contributed by atoms with van der Waals surface area (Å²) in [5.41, 5.74) is 3.51. The van der Waals surface area contributed by atoms with Gasteiger partial charge in [-0.3, -0.25) is 16.9 Å². The highest BCUT2D eigenvalue weighted by Gasteiger charge is 2.22. The molecule has 0 aromatic heterocycles. The van der Waals surface area contributed by atoms with Crippen LogP contribution in [0.15, 0.2) is 36.8 Å². The van der Waals surface area contributed by atoms with Gasteiger partial charge in [0.25, 0.3) is 0 Å². The first-order valence-electron chi connectivity index (χ1n) is 6.39. The first kappa shape index (κ1) is 28.0. The van der Waals surface area contributed by atoms with Crippen LogP contribution in [0.1, 0.15) is 34.1 Å². The average molecular weight is 314 g/mol. The van der Waals surface area contributed by atoms with Crippen LogP contribution in [0.4, 0.5) is 0 Å². The molecule has 0 heterocycles. The standard InChI is InChI=1S/C10H15NO4.2C3H5.H3N/c1-3-5-14-9(12)7-8(11)10(13)15-6-4-2;2*1-3-2;/h3-6,8H,7,11H2,1-2H3;2*1,3H,2H3;1H3/q;2*-1;/p+2/b5-3+,6-4+;;;. The van der Waals surface area contributed by atoms with E-state index in [2.05, 4.69) is 15.2 Å². The maximum atomic E-state index is 11.1. The molecule has 0 saturated carbocycles. The number of carbonyl (C=O) groups is 2. The van der Waals surface area contributed by atoms with Crippen molar-refractivity contribution in [1.29, 1.82) is 0 Å². The van der Waals surface area contributed by atoms with Crippen molar-refractivity contribution >= 4 is 11.9 Å². The number of hydrogen-bond donors (Lipinski definition) is 2. The Balaban J connectivity index is -0.000000199. The molecule has 0 aromatic carbocycles. The van der Waals surface area contributed by atoms with Gasteiger partial charge in [0.05, 0.1) is 12.5 Å². The van der Waals surface area contributed by atoms with Gasteiger partial charge in [0.1, 0.15) is 6.42 Å². The molecule has 0 aromatic rings. The fourth-order valence-electron chi connectivity index (χ4n) is 0.708. The largest absolute Gasteiger partial charge is 0.518 e. The second-order valence-electron chi connectivity index (χ2n) is 3.43. The van der Waals surface area contributed by atoms with Gasteiger partial charge in [-0.15, -0.1) is 0 Å². The number of quaternary nitrogens is 2. The predicted octanol–water partition coefficient (Wildman–Crippen LogP) is 2.51. The second kappa shape index (κ2) is 23.9. The summed E-state index contributed by atoms with van der Waals surface area (Å²) in [5.74, 6) is -1.06. The van der Waals surface area contributed by atoms with E-state index in [1.807, 2.05) is 0 Å². The molecule has 6 nitrogen and oxygen atoms in total. The Kier molecular flexibility index (Phi) is 30.4. The minimum absolute atomic E-state index is 0. The Morgan fingerprint density at radius 1 is 1.00 bits per heavy atom. The van der Waals surface area contributed by atoms with E-state index in [-0.39, 0.29) is 12.6 Å². The smallest absolute Gasteiger partial charge is 0.370 e. The van der Waals surface area contributed by atoms with E-state index < -0.39 is 18.0 Å².